The largest absolute Gasteiger partial charge is 0.361 e. The van der Waals surface area contributed by atoms with Crippen molar-refractivity contribution in [2.24, 2.45) is 0 Å². The van der Waals surface area contributed by atoms with Gasteiger partial charge in [-0.15, -0.1) is 22.7 Å². The number of hydrogen-bond donors (Lipinski definition) is 2. The average molecular weight is 363 g/mol. The molecular formula is C18H13N5S2. The van der Waals surface area contributed by atoms with E-state index in [0.29, 0.717) is 11.1 Å². The predicted molar refractivity (Wildman–Crippen MR) is 99.8 cm³/mol. The Balaban J connectivity index is 1.90. The Morgan fingerprint density at radius 1 is 1.16 bits per heavy atom. The average Bonchev–Trinajstić information content (AvgIpc) is 3.30. The van der Waals surface area contributed by atoms with Gasteiger partial charge in [0, 0.05) is 16.3 Å². The molecule has 0 fully saturated rings. The highest BCUT2D eigenvalue weighted by molar-refractivity contribution is 7.20. The van der Waals surface area contributed by atoms with Crippen molar-refractivity contribution in [3.63, 3.8) is 0 Å². The summed E-state index contributed by atoms with van der Waals surface area (Å²) in [5, 5.41) is 31.9. The van der Waals surface area contributed by atoms with Crippen molar-refractivity contribution < 1.29 is 0 Å². The van der Waals surface area contributed by atoms with Crippen LogP contribution in [-0.2, 0) is 0 Å². The number of thiophene rings is 2. The monoisotopic (exact) mass is 363 g/mol. The number of allylic oxidation sites excluding steroid dienone is 4. The summed E-state index contributed by atoms with van der Waals surface area (Å²) in [6.45, 7) is 3.75. The summed E-state index contributed by atoms with van der Waals surface area (Å²) in [6.07, 6.45) is 0. The van der Waals surface area contributed by atoms with Gasteiger partial charge >= 0.3 is 0 Å². The first-order chi connectivity index (χ1) is 12.1. The van der Waals surface area contributed by atoms with Gasteiger partial charge in [-0.2, -0.15) is 15.6 Å². The Bertz CT molecular complexity index is 1080. The molecule has 0 atom stereocenters. The van der Waals surface area contributed by atoms with Gasteiger partial charge in [-0.1, -0.05) is 6.07 Å². The molecule has 0 aromatic carbocycles. The third-order valence-corrected chi connectivity index (χ3v) is 6.38. The standard InChI is InChI=1S/C18H13N5S2/c1-9-11(7-19)16(12(8-20)10(2)21-9)15-6-13-18(25-15)17(23-22-13)14-4-3-5-24-14/h3-6,16,21H,1-2H3,(H,22,23). The lowest BCUT2D eigenvalue weighted by atomic mass is 9.86. The van der Waals surface area contributed by atoms with Crippen LogP contribution in [0.25, 0.3) is 20.8 Å². The van der Waals surface area contributed by atoms with Gasteiger partial charge in [0.05, 0.1) is 44.3 Å². The van der Waals surface area contributed by atoms with Gasteiger partial charge < -0.3 is 5.32 Å². The zero-order chi connectivity index (χ0) is 17.6. The highest BCUT2D eigenvalue weighted by atomic mass is 32.1. The van der Waals surface area contributed by atoms with Crippen molar-refractivity contribution in [1.29, 1.82) is 10.5 Å². The summed E-state index contributed by atoms with van der Waals surface area (Å²) in [5.41, 5.74) is 4.66. The van der Waals surface area contributed by atoms with E-state index in [9.17, 15) is 10.5 Å². The molecule has 0 amide bonds. The van der Waals surface area contributed by atoms with Gasteiger partial charge in [-0.05, 0) is 31.4 Å². The van der Waals surface area contributed by atoms with Gasteiger partial charge in [-0.3, -0.25) is 5.10 Å². The van der Waals surface area contributed by atoms with Gasteiger partial charge in [0.15, 0.2) is 0 Å². The predicted octanol–water partition coefficient (Wildman–Crippen LogP) is 4.63. The Morgan fingerprint density at radius 3 is 2.48 bits per heavy atom. The summed E-state index contributed by atoms with van der Waals surface area (Å²) in [7, 11) is 0. The second-order valence-corrected chi connectivity index (χ2v) is 7.83. The second-order valence-electron chi connectivity index (χ2n) is 5.80. The molecule has 0 spiro atoms. The fourth-order valence-electron chi connectivity index (χ4n) is 3.13. The van der Waals surface area contributed by atoms with E-state index in [1.807, 2.05) is 37.4 Å². The van der Waals surface area contributed by atoms with Gasteiger partial charge in [-0.25, -0.2) is 0 Å². The van der Waals surface area contributed by atoms with Gasteiger partial charge in [0.1, 0.15) is 5.69 Å². The topological polar surface area (TPSA) is 88.3 Å². The number of nitriles is 2. The number of nitrogens with one attached hydrogen (secondary N) is 2. The lowest BCUT2D eigenvalue weighted by Gasteiger charge is -2.24. The molecule has 2 N–H and O–H groups in total. The minimum absolute atomic E-state index is 0.321. The Morgan fingerprint density at radius 2 is 1.88 bits per heavy atom. The van der Waals surface area contributed by atoms with Gasteiger partial charge in [0.2, 0.25) is 0 Å². The zero-order valence-electron chi connectivity index (χ0n) is 13.5. The first-order valence-electron chi connectivity index (χ1n) is 7.64. The summed E-state index contributed by atoms with van der Waals surface area (Å²) in [6, 6.07) is 10.6. The molecule has 0 radical (unpaired) electrons. The second kappa shape index (κ2) is 5.89. The van der Waals surface area contributed by atoms with Crippen LogP contribution in [0, 0.1) is 22.7 Å². The molecule has 3 aromatic heterocycles. The number of rotatable bonds is 2. The van der Waals surface area contributed by atoms with Crippen LogP contribution in [0.5, 0.6) is 0 Å². The lowest BCUT2D eigenvalue weighted by Crippen LogP contribution is -2.22. The molecule has 5 nitrogen and oxygen atoms in total. The van der Waals surface area contributed by atoms with Crippen LogP contribution in [-0.4, -0.2) is 10.2 Å². The van der Waals surface area contributed by atoms with E-state index in [1.54, 1.807) is 22.7 Å². The molecule has 0 saturated heterocycles. The van der Waals surface area contributed by atoms with Crippen molar-refractivity contribution in [2.75, 3.05) is 0 Å². The van der Waals surface area contributed by atoms with E-state index >= 15 is 0 Å². The Kier molecular flexibility index (Phi) is 3.69. The van der Waals surface area contributed by atoms with E-state index in [4.69, 9.17) is 0 Å². The van der Waals surface area contributed by atoms with E-state index in [-0.39, 0.29) is 5.92 Å². The van der Waals surface area contributed by atoms with Crippen LogP contribution in [0.3, 0.4) is 0 Å². The highest BCUT2D eigenvalue weighted by Crippen LogP contribution is 2.44. The van der Waals surface area contributed by atoms with Crippen molar-refractivity contribution in [3.05, 3.63) is 51.0 Å². The minimum atomic E-state index is -0.321. The van der Waals surface area contributed by atoms with Crippen LogP contribution in [0.15, 0.2) is 46.1 Å². The first-order valence-corrected chi connectivity index (χ1v) is 9.34. The normalized spacial score (nSPS) is 15.4. The SMILES string of the molecule is CC1=C(C#N)C(c2cc3[nH]nc(-c4cccs4)c3s2)C(C#N)=C(C)N1. The fraction of sp³-hybridized carbons (Fsp3) is 0.167. The molecule has 0 bridgehead atoms. The quantitative estimate of drug-likeness (QED) is 0.694. The van der Waals surface area contributed by atoms with E-state index in [0.717, 1.165) is 37.1 Å². The number of aromatic amines is 1. The Hall–Kier alpha value is -2.87. The maximum atomic E-state index is 9.63. The molecule has 0 saturated carbocycles. The Labute approximate surface area is 152 Å². The number of nitrogens with zero attached hydrogens (tertiary/aromatic N) is 3. The summed E-state index contributed by atoms with van der Waals surface area (Å²) in [4.78, 5) is 2.08. The van der Waals surface area contributed by atoms with Crippen LogP contribution < -0.4 is 5.32 Å². The molecule has 0 unspecified atom stereocenters. The minimum Gasteiger partial charge on any atom is -0.361 e. The van der Waals surface area contributed by atoms with E-state index < -0.39 is 0 Å². The number of H-pyrrole nitrogens is 1. The fourth-order valence-corrected chi connectivity index (χ4v) is 5.15. The number of aromatic nitrogens is 2. The molecule has 1 aliphatic rings. The molecule has 4 heterocycles. The molecule has 1 aliphatic heterocycles. The van der Waals surface area contributed by atoms with Crippen LogP contribution in [0.4, 0.5) is 0 Å². The van der Waals surface area contributed by atoms with Crippen molar-refractivity contribution in [2.45, 2.75) is 19.8 Å². The van der Waals surface area contributed by atoms with E-state index in [1.165, 1.54) is 0 Å². The van der Waals surface area contributed by atoms with Gasteiger partial charge in [0.25, 0.3) is 0 Å². The summed E-state index contributed by atoms with van der Waals surface area (Å²) < 4.78 is 1.06. The number of dihydropyridines is 1. The first kappa shape index (κ1) is 15.6. The smallest absolute Gasteiger partial charge is 0.120 e. The maximum absolute atomic E-state index is 9.63. The van der Waals surface area contributed by atoms with Crippen LogP contribution >= 0.6 is 22.7 Å². The zero-order valence-corrected chi connectivity index (χ0v) is 15.2. The molecule has 4 rings (SSSR count). The molecule has 122 valence electrons. The number of hydrogen-bond acceptors (Lipinski definition) is 6. The van der Waals surface area contributed by atoms with Crippen molar-refractivity contribution in [1.82, 2.24) is 15.5 Å². The molecular weight excluding hydrogens is 350 g/mol. The summed E-state index contributed by atoms with van der Waals surface area (Å²) in [5.74, 6) is -0.321. The number of fused-ring (bicyclic) bond motifs is 1. The molecule has 7 heteroatoms. The summed E-state index contributed by atoms with van der Waals surface area (Å²) >= 11 is 3.23. The van der Waals surface area contributed by atoms with Crippen LogP contribution in [0.2, 0.25) is 0 Å². The third-order valence-electron chi connectivity index (χ3n) is 4.29. The lowest BCUT2D eigenvalue weighted by molar-refractivity contribution is 0.822. The van der Waals surface area contributed by atoms with Crippen molar-refractivity contribution >= 4 is 32.9 Å². The van der Waals surface area contributed by atoms with Crippen molar-refractivity contribution in [3.8, 4) is 22.7 Å². The highest BCUT2D eigenvalue weighted by Gasteiger charge is 2.31. The molecule has 3 aromatic rings. The van der Waals surface area contributed by atoms with Crippen LogP contribution in [0.1, 0.15) is 24.6 Å². The molecule has 0 aliphatic carbocycles. The molecule has 25 heavy (non-hydrogen) atoms. The maximum Gasteiger partial charge on any atom is 0.120 e. The van der Waals surface area contributed by atoms with E-state index in [2.05, 4.69) is 27.7 Å². The third kappa shape index (κ3) is 2.37.